The molecule has 4 rings (SSSR count). The number of nitrogens with one attached hydrogen (secondary N) is 2. The summed E-state index contributed by atoms with van der Waals surface area (Å²) < 4.78 is 2.10. The second kappa shape index (κ2) is 7.23. The number of fused-ring (bicyclic) bond motifs is 1. The van der Waals surface area contributed by atoms with Crippen molar-refractivity contribution in [2.45, 2.75) is 58.2 Å². The zero-order chi connectivity index (χ0) is 18.1. The summed E-state index contributed by atoms with van der Waals surface area (Å²) in [6.07, 6.45) is 8.31. The molecule has 0 aromatic carbocycles. The number of nitrogens with zero attached hydrogens (tertiary/aromatic N) is 5. The number of rotatable bonds is 6. The monoisotopic (exact) mass is 355 g/mol. The third-order valence-electron chi connectivity index (χ3n) is 5.06. The Morgan fingerprint density at radius 1 is 1.19 bits per heavy atom. The predicted octanol–water partition coefficient (Wildman–Crippen LogP) is 2.21. The highest BCUT2D eigenvalue weighted by atomic mass is 15.2. The molecule has 140 valence electrons. The van der Waals surface area contributed by atoms with Crippen molar-refractivity contribution >= 4 is 11.8 Å². The molecular formula is C19H29N7. The van der Waals surface area contributed by atoms with E-state index in [1.165, 1.54) is 24.1 Å². The van der Waals surface area contributed by atoms with Crippen LogP contribution in [0.3, 0.4) is 0 Å². The van der Waals surface area contributed by atoms with Crippen molar-refractivity contribution in [1.82, 2.24) is 24.4 Å². The zero-order valence-corrected chi connectivity index (χ0v) is 16.0. The largest absolute Gasteiger partial charge is 0.367 e. The molecule has 7 heteroatoms. The van der Waals surface area contributed by atoms with Crippen LogP contribution in [0.4, 0.5) is 11.8 Å². The van der Waals surface area contributed by atoms with Crippen LogP contribution < -0.4 is 10.6 Å². The first-order chi connectivity index (χ1) is 12.6. The van der Waals surface area contributed by atoms with E-state index in [0.717, 1.165) is 50.1 Å². The van der Waals surface area contributed by atoms with E-state index in [9.17, 15) is 0 Å². The van der Waals surface area contributed by atoms with E-state index in [4.69, 9.17) is 9.97 Å². The van der Waals surface area contributed by atoms with E-state index in [1.54, 1.807) is 0 Å². The number of hydrogen-bond donors (Lipinski definition) is 2. The molecule has 0 atom stereocenters. The summed E-state index contributed by atoms with van der Waals surface area (Å²) in [4.78, 5) is 16.6. The first-order valence-electron chi connectivity index (χ1n) is 9.70. The van der Waals surface area contributed by atoms with Crippen LogP contribution in [0, 0.1) is 0 Å². The van der Waals surface area contributed by atoms with Crippen LogP contribution in [0.15, 0.2) is 12.4 Å². The maximum absolute atomic E-state index is 4.84. The molecule has 2 N–H and O–H groups in total. The Hall–Kier alpha value is -2.15. The van der Waals surface area contributed by atoms with Gasteiger partial charge >= 0.3 is 0 Å². The quantitative estimate of drug-likeness (QED) is 0.828. The van der Waals surface area contributed by atoms with Gasteiger partial charge in [-0.1, -0.05) is 0 Å². The molecular weight excluding hydrogens is 326 g/mol. The minimum atomic E-state index is 0.326. The molecule has 1 fully saturated rings. The summed E-state index contributed by atoms with van der Waals surface area (Å²) in [6, 6.07) is 0.917. The van der Waals surface area contributed by atoms with Crippen molar-refractivity contribution in [1.29, 1.82) is 0 Å². The minimum absolute atomic E-state index is 0.326. The van der Waals surface area contributed by atoms with Gasteiger partial charge in [0, 0.05) is 56.6 Å². The predicted molar refractivity (Wildman–Crippen MR) is 103 cm³/mol. The maximum Gasteiger partial charge on any atom is 0.225 e. The average Bonchev–Trinajstić information content (AvgIpc) is 3.34. The molecule has 0 spiro atoms. The van der Waals surface area contributed by atoms with E-state index in [2.05, 4.69) is 46.0 Å². The molecule has 7 nitrogen and oxygen atoms in total. The third kappa shape index (κ3) is 3.98. The first kappa shape index (κ1) is 17.3. The van der Waals surface area contributed by atoms with Crippen molar-refractivity contribution in [2.75, 3.05) is 23.7 Å². The molecule has 2 aromatic heterocycles. The Labute approximate surface area is 155 Å². The lowest BCUT2D eigenvalue weighted by molar-refractivity contribution is 0.269. The molecule has 1 aliphatic carbocycles. The number of hydrogen-bond acceptors (Lipinski definition) is 6. The summed E-state index contributed by atoms with van der Waals surface area (Å²) in [7, 11) is 2.06. The Balaban J connectivity index is 1.54. The summed E-state index contributed by atoms with van der Waals surface area (Å²) >= 11 is 0. The molecule has 2 aliphatic rings. The standard InChI is InChI=1S/C19H29N7/c1-13(2)21-19-23-16-7-10-26(12-17-20-8-11-25(17)3)9-6-15(16)18(24-19)22-14-4-5-14/h8,11,13-14H,4-7,9-10,12H2,1-3H3,(H2,21,22,23,24). The lowest BCUT2D eigenvalue weighted by atomic mass is 10.1. The number of anilines is 2. The second-order valence-corrected chi connectivity index (χ2v) is 7.77. The van der Waals surface area contributed by atoms with Gasteiger partial charge in [-0.15, -0.1) is 0 Å². The molecule has 0 radical (unpaired) electrons. The fourth-order valence-electron chi connectivity index (χ4n) is 3.42. The molecule has 1 aliphatic heterocycles. The smallest absolute Gasteiger partial charge is 0.225 e. The fourth-order valence-corrected chi connectivity index (χ4v) is 3.42. The summed E-state index contributed by atoms with van der Waals surface area (Å²) in [5.74, 6) is 2.90. The van der Waals surface area contributed by atoms with Gasteiger partial charge in [-0.05, 0) is 33.1 Å². The van der Waals surface area contributed by atoms with E-state index in [-0.39, 0.29) is 0 Å². The van der Waals surface area contributed by atoms with E-state index in [0.29, 0.717) is 12.1 Å². The van der Waals surface area contributed by atoms with Gasteiger partial charge in [0.05, 0.1) is 12.2 Å². The van der Waals surface area contributed by atoms with Gasteiger partial charge in [-0.25, -0.2) is 9.97 Å². The fraction of sp³-hybridized carbons (Fsp3) is 0.632. The van der Waals surface area contributed by atoms with Crippen molar-refractivity contribution in [3.05, 3.63) is 29.5 Å². The molecule has 0 amide bonds. The topological polar surface area (TPSA) is 70.9 Å². The number of aromatic nitrogens is 4. The molecule has 0 unspecified atom stereocenters. The van der Waals surface area contributed by atoms with Crippen LogP contribution in [0.5, 0.6) is 0 Å². The molecule has 1 saturated carbocycles. The molecule has 0 bridgehead atoms. The lowest BCUT2D eigenvalue weighted by Crippen LogP contribution is -2.27. The zero-order valence-electron chi connectivity index (χ0n) is 16.0. The Kier molecular flexibility index (Phi) is 4.80. The third-order valence-corrected chi connectivity index (χ3v) is 5.06. The molecule has 2 aromatic rings. The normalized spacial score (nSPS) is 17.8. The molecule has 3 heterocycles. The minimum Gasteiger partial charge on any atom is -0.367 e. The first-order valence-corrected chi connectivity index (χ1v) is 9.70. The summed E-state index contributed by atoms with van der Waals surface area (Å²) in [5, 5.41) is 7.00. The molecule has 0 saturated heterocycles. The SMILES string of the molecule is CC(C)Nc1nc2c(c(NC3CC3)n1)CCN(Cc1nccn1C)CC2. The van der Waals surface area contributed by atoms with Crippen LogP contribution in [0.1, 0.15) is 43.8 Å². The van der Waals surface area contributed by atoms with Gasteiger partial charge in [-0.2, -0.15) is 4.98 Å². The maximum atomic E-state index is 4.84. The van der Waals surface area contributed by atoms with Crippen molar-refractivity contribution < 1.29 is 0 Å². The highest BCUT2D eigenvalue weighted by molar-refractivity contribution is 5.52. The lowest BCUT2D eigenvalue weighted by Gasteiger charge is -2.19. The Bertz CT molecular complexity index is 763. The Morgan fingerprint density at radius 2 is 2.00 bits per heavy atom. The van der Waals surface area contributed by atoms with E-state index in [1.807, 2.05) is 12.4 Å². The molecule has 26 heavy (non-hydrogen) atoms. The van der Waals surface area contributed by atoms with Gasteiger partial charge in [0.1, 0.15) is 11.6 Å². The van der Waals surface area contributed by atoms with Crippen LogP contribution in [0.25, 0.3) is 0 Å². The van der Waals surface area contributed by atoms with Crippen LogP contribution in [-0.4, -0.2) is 49.6 Å². The number of aryl methyl sites for hydroxylation is 1. The number of imidazole rings is 1. The van der Waals surface area contributed by atoms with Crippen LogP contribution >= 0.6 is 0 Å². The van der Waals surface area contributed by atoms with Crippen LogP contribution in [-0.2, 0) is 26.4 Å². The summed E-state index contributed by atoms with van der Waals surface area (Å²) in [5.41, 5.74) is 2.49. The van der Waals surface area contributed by atoms with E-state index >= 15 is 0 Å². The average molecular weight is 355 g/mol. The highest BCUT2D eigenvalue weighted by Gasteiger charge is 2.26. The van der Waals surface area contributed by atoms with Crippen molar-refractivity contribution in [3.63, 3.8) is 0 Å². The second-order valence-electron chi connectivity index (χ2n) is 7.77. The van der Waals surface area contributed by atoms with Gasteiger partial charge in [0.2, 0.25) is 5.95 Å². The van der Waals surface area contributed by atoms with Gasteiger partial charge in [0.15, 0.2) is 0 Å². The summed E-state index contributed by atoms with van der Waals surface area (Å²) in [6.45, 7) is 7.14. The van der Waals surface area contributed by atoms with Crippen molar-refractivity contribution in [2.24, 2.45) is 7.05 Å². The van der Waals surface area contributed by atoms with Gasteiger partial charge in [0.25, 0.3) is 0 Å². The highest BCUT2D eigenvalue weighted by Crippen LogP contribution is 2.29. The van der Waals surface area contributed by atoms with Gasteiger partial charge < -0.3 is 15.2 Å². The Morgan fingerprint density at radius 3 is 2.69 bits per heavy atom. The van der Waals surface area contributed by atoms with Gasteiger partial charge in [-0.3, -0.25) is 4.90 Å². The van der Waals surface area contributed by atoms with Crippen molar-refractivity contribution in [3.8, 4) is 0 Å². The van der Waals surface area contributed by atoms with Crippen LogP contribution in [0.2, 0.25) is 0 Å². The van der Waals surface area contributed by atoms with E-state index < -0.39 is 0 Å².